The Balaban J connectivity index is 0.000000187. The van der Waals surface area contributed by atoms with Gasteiger partial charge in [0.15, 0.2) is 34.2 Å². The largest absolute Gasteiger partial charge is 0.479 e. The Hall–Kier alpha value is -5.37. The molecule has 6 heterocycles. The van der Waals surface area contributed by atoms with Crippen LogP contribution in [0.3, 0.4) is 0 Å². The number of methoxy groups -OCH3 is 2. The molecule has 0 bridgehead atoms. The maximum Gasteiger partial charge on any atom is 0.305 e. The van der Waals surface area contributed by atoms with Crippen LogP contribution in [0.25, 0.3) is 22.3 Å². The number of rotatable bonds is 8. The maximum atomic E-state index is 11.6. The monoisotopic (exact) mass is 730 g/mol. The Morgan fingerprint density at radius 1 is 0.846 bits per heavy atom. The van der Waals surface area contributed by atoms with Gasteiger partial charge in [0.2, 0.25) is 29.9 Å². The van der Waals surface area contributed by atoms with Crippen molar-refractivity contribution in [2.45, 2.75) is 110 Å². The Morgan fingerprint density at radius 3 is 2.02 bits per heavy atom. The fourth-order valence-electron chi connectivity index (χ4n) is 6.02. The van der Waals surface area contributed by atoms with Crippen LogP contribution in [0.4, 0.5) is 11.9 Å². The van der Waals surface area contributed by atoms with E-state index >= 15 is 0 Å². The van der Waals surface area contributed by atoms with Gasteiger partial charge in [0.05, 0.1) is 39.1 Å². The summed E-state index contributed by atoms with van der Waals surface area (Å²) in [5.74, 6) is -0.281. The first-order valence-electron chi connectivity index (χ1n) is 16.5. The first-order valence-corrected chi connectivity index (χ1v) is 16.5. The number of H-pyrrole nitrogens is 1. The predicted octanol–water partition coefficient (Wildman–Crippen LogP) is 2.78. The number of nitrogens with zero attached hydrogens (tertiary/aromatic N) is 7. The van der Waals surface area contributed by atoms with Gasteiger partial charge in [-0.1, -0.05) is 13.8 Å². The molecule has 2 aliphatic rings. The molecule has 52 heavy (non-hydrogen) atoms. The van der Waals surface area contributed by atoms with E-state index in [4.69, 9.17) is 44.6 Å². The van der Waals surface area contributed by atoms with Gasteiger partial charge in [0.25, 0.3) is 0 Å². The molecule has 0 aromatic carbocycles. The number of esters is 3. The highest BCUT2D eigenvalue weighted by molar-refractivity contribution is 5.78. The molecule has 0 radical (unpaired) electrons. The molecule has 0 amide bonds. The molecule has 2 saturated heterocycles. The number of carbonyl (C=O) groups is 3. The smallest absolute Gasteiger partial charge is 0.305 e. The third kappa shape index (κ3) is 8.91. The average Bonchev–Trinajstić information content (AvgIpc) is 3.84. The quantitative estimate of drug-likeness (QED) is 0.174. The summed E-state index contributed by atoms with van der Waals surface area (Å²) in [6, 6.07) is 0. The lowest BCUT2D eigenvalue weighted by Gasteiger charge is -2.30. The van der Waals surface area contributed by atoms with Gasteiger partial charge in [0, 0.05) is 33.6 Å². The van der Waals surface area contributed by atoms with E-state index in [1.165, 1.54) is 41.3 Å². The number of carbonyl (C=O) groups excluding carboxylic acids is 3. The van der Waals surface area contributed by atoms with Crippen LogP contribution in [0.5, 0.6) is 11.8 Å². The van der Waals surface area contributed by atoms with Gasteiger partial charge in [-0.05, 0) is 26.7 Å². The number of imidazole rings is 2. The fraction of sp³-hybridized carbons (Fsp3) is 0.594. The Bertz CT molecular complexity index is 1890. The van der Waals surface area contributed by atoms with Crippen LogP contribution in [0, 0.1) is 0 Å². The number of ether oxygens (including phenoxy) is 7. The SMILES string of the molecule is CC[C@@H]1C[C@@](C)(OC(C)=O)C(OC(C)=O)O1.CC[C@@H]1C[C@@](C)(OC(C)=O)[C@H](n2cnc3c(OC)nc(N)nc32)O1.COc1nc(N)nc2nc[nH]c12. The molecule has 20 heteroatoms. The van der Waals surface area contributed by atoms with Crippen LogP contribution < -0.4 is 20.9 Å². The molecule has 0 spiro atoms. The summed E-state index contributed by atoms with van der Waals surface area (Å²) < 4.78 is 39.3. The van der Waals surface area contributed by atoms with E-state index in [-0.39, 0.29) is 36.0 Å². The first kappa shape index (κ1) is 39.4. The fourth-order valence-corrected chi connectivity index (χ4v) is 6.02. The highest BCUT2D eigenvalue weighted by Gasteiger charge is 2.50. The average molecular weight is 731 g/mol. The van der Waals surface area contributed by atoms with Crippen LogP contribution in [0.2, 0.25) is 0 Å². The van der Waals surface area contributed by atoms with Crippen molar-refractivity contribution in [1.29, 1.82) is 0 Å². The summed E-state index contributed by atoms with van der Waals surface area (Å²) >= 11 is 0. The van der Waals surface area contributed by atoms with Crippen molar-refractivity contribution in [3.05, 3.63) is 12.7 Å². The number of fused-ring (bicyclic) bond motifs is 2. The van der Waals surface area contributed by atoms with Crippen molar-refractivity contribution in [1.82, 2.24) is 39.5 Å². The Labute approximate surface area is 299 Å². The summed E-state index contributed by atoms with van der Waals surface area (Å²) in [4.78, 5) is 60.6. The lowest BCUT2D eigenvalue weighted by molar-refractivity contribution is -0.213. The van der Waals surface area contributed by atoms with Crippen molar-refractivity contribution in [2.75, 3.05) is 25.7 Å². The molecular formula is C32H46N10O10. The van der Waals surface area contributed by atoms with Gasteiger partial charge in [-0.15, -0.1) is 0 Å². The molecule has 6 rings (SSSR count). The molecule has 2 aliphatic heterocycles. The Kier molecular flexibility index (Phi) is 12.4. The first-order chi connectivity index (χ1) is 24.6. The lowest BCUT2D eigenvalue weighted by Crippen LogP contribution is -2.41. The molecule has 0 aliphatic carbocycles. The van der Waals surface area contributed by atoms with Crippen molar-refractivity contribution in [2.24, 2.45) is 0 Å². The summed E-state index contributed by atoms with van der Waals surface area (Å²) in [5, 5.41) is 0. The van der Waals surface area contributed by atoms with E-state index < -0.39 is 35.7 Å². The van der Waals surface area contributed by atoms with Gasteiger partial charge in [-0.2, -0.15) is 19.9 Å². The van der Waals surface area contributed by atoms with Crippen molar-refractivity contribution in [3.8, 4) is 11.8 Å². The van der Waals surface area contributed by atoms with Crippen LogP contribution in [-0.2, 0) is 38.1 Å². The predicted molar refractivity (Wildman–Crippen MR) is 183 cm³/mol. The van der Waals surface area contributed by atoms with Crippen LogP contribution >= 0.6 is 0 Å². The number of hydrogen-bond acceptors (Lipinski definition) is 18. The second-order valence-corrected chi connectivity index (χ2v) is 12.5. The highest BCUT2D eigenvalue weighted by Crippen LogP contribution is 2.43. The number of anilines is 2. The van der Waals surface area contributed by atoms with Crippen molar-refractivity contribution >= 4 is 52.1 Å². The molecule has 20 nitrogen and oxygen atoms in total. The molecule has 4 aromatic heterocycles. The van der Waals surface area contributed by atoms with E-state index in [1.807, 2.05) is 20.8 Å². The zero-order valence-electron chi connectivity index (χ0n) is 30.7. The minimum Gasteiger partial charge on any atom is -0.479 e. The highest BCUT2D eigenvalue weighted by atomic mass is 16.7. The number of nitrogen functional groups attached to an aromatic ring is 2. The zero-order chi connectivity index (χ0) is 38.4. The molecule has 0 saturated carbocycles. The summed E-state index contributed by atoms with van der Waals surface area (Å²) in [6.07, 6.45) is 4.37. The minimum atomic E-state index is -0.877. The van der Waals surface area contributed by atoms with Crippen molar-refractivity contribution < 1.29 is 47.5 Å². The Morgan fingerprint density at radius 2 is 1.42 bits per heavy atom. The van der Waals surface area contributed by atoms with Crippen molar-refractivity contribution in [3.63, 3.8) is 0 Å². The number of nitrogens with one attached hydrogen (secondary N) is 1. The van der Waals surface area contributed by atoms with Gasteiger partial charge in [-0.3, -0.25) is 19.0 Å². The van der Waals surface area contributed by atoms with Crippen LogP contribution in [0.15, 0.2) is 12.7 Å². The standard InChI is InChI=1S/C15H21N5O4.C11H18O5.C6H7N5O/c1-5-9-6-15(3,24-8(2)21)13(23-9)20-7-17-10-11(20)18-14(16)19-12(10)22-4;1-5-9-6-11(4,16-8(3)13)10(15-9)14-7(2)12;1-12-5-3-4(9-2-8-3)10-6(7)11-5/h7,9,13H,5-6H2,1-4H3,(H2,16,18,19);9-10H,5-6H2,1-4H3;2H,1H3,(H3,7,8,9,10,11)/t9-,13-,15-;9-,10?,11-;/m11./s1. The summed E-state index contributed by atoms with van der Waals surface area (Å²) in [5.41, 5.74) is 11.6. The number of nitrogens with two attached hydrogens (primary N) is 2. The molecular weight excluding hydrogens is 684 g/mol. The van der Waals surface area contributed by atoms with E-state index in [0.29, 0.717) is 41.0 Å². The van der Waals surface area contributed by atoms with E-state index in [1.54, 1.807) is 17.8 Å². The molecule has 2 fully saturated rings. The summed E-state index contributed by atoms with van der Waals surface area (Å²) in [6.45, 7) is 11.6. The molecule has 1 unspecified atom stereocenters. The van der Waals surface area contributed by atoms with Crippen LogP contribution in [0.1, 0.15) is 80.4 Å². The van der Waals surface area contributed by atoms with Gasteiger partial charge < -0.3 is 49.6 Å². The van der Waals surface area contributed by atoms with Crippen LogP contribution in [-0.4, -0.2) is 101 Å². The topological polar surface area (TPSA) is 266 Å². The third-order valence-corrected chi connectivity index (χ3v) is 8.18. The molecule has 6 atom stereocenters. The second-order valence-electron chi connectivity index (χ2n) is 12.5. The minimum absolute atomic E-state index is 0.0297. The normalized spacial score (nSPS) is 25.0. The van der Waals surface area contributed by atoms with E-state index in [0.717, 1.165) is 12.8 Å². The van der Waals surface area contributed by atoms with Gasteiger partial charge in [0.1, 0.15) is 5.52 Å². The maximum absolute atomic E-state index is 11.6. The third-order valence-electron chi connectivity index (χ3n) is 8.18. The number of aromatic amines is 1. The molecule has 284 valence electrons. The zero-order valence-corrected chi connectivity index (χ0v) is 30.7. The second kappa shape index (κ2) is 16.3. The molecule has 4 aromatic rings. The van der Waals surface area contributed by atoms with Gasteiger partial charge in [-0.25, -0.2) is 9.97 Å². The van der Waals surface area contributed by atoms with E-state index in [9.17, 15) is 14.4 Å². The lowest BCUT2D eigenvalue weighted by atomic mass is 9.98. The van der Waals surface area contributed by atoms with Gasteiger partial charge >= 0.3 is 17.9 Å². The number of aromatic nitrogens is 8. The molecule has 5 N–H and O–H groups in total. The number of hydrogen-bond donors (Lipinski definition) is 3. The summed E-state index contributed by atoms with van der Waals surface area (Å²) in [7, 11) is 3.00. The van der Waals surface area contributed by atoms with E-state index in [2.05, 4.69) is 34.9 Å².